The Hall–Kier alpha value is -2.16. The van der Waals surface area contributed by atoms with Crippen molar-refractivity contribution < 1.29 is 14.6 Å². The van der Waals surface area contributed by atoms with Gasteiger partial charge in [0.05, 0.1) is 12.7 Å². The highest BCUT2D eigenvalue weighted by Crippen LogP contribution is 2.31. The predicted octanol–water partition coefficient (Wildman–Crippen LogP) is 5.60. The van der Waals surface area contributed by atoms with Gasteiger partial charge in [0.15, 0.2) is 5.78 Å². The molecule has 0 saturated heterocycles. The third kappa shape index (κ3) is 6.50. The van der Waals surface area contributed by atoms with Gasteiger partial charge in [0.1, 0.15) is 5.75 Å². The summed E-state index contributed by atoms with van der Waals surface area (Å²) in [5.74, 6) is 0.525. The van der Waals surface area contributed by atoms with E-state index in [1.165, 1.54) is 0 Å². The van der Waals surface area contributed by atoms with Gasteiger partial charge < -0.3 is 9.84 Å². The SMILES string of the molecule is [C-]#[N+]c1cc(C(=O)C[C@H](CCO)Cc2ccc(Br)cc2)ccc1OC(C)C. The van der Waals surface area contributed by atoms with Crippen molar-refractivity contribution in [1.29, 1.82) is 0 Å². The minimum Gasteiger partial charge on any atom is -0.502 e. The molecular weight excluding hydrogens is 406 g/mol. The molecule has 0 heterocycles. The minimum atomic E-state index is -0.0353. The lowest BCUT2D eigenvalue weighted by Gasteiger charge is -2.16. The maximum absolute atomic E-state index is 12.7. The fraction of sp³-hybridized carbons (Fsp3) is 0.364. The Morgan fingerprint density at radius 1 is 1.22 bits per heavy atom. The van der Waals surface area contributed by atoms with E-state index in [-0.39, 0.29) is 24.4 Å². The van der Waals surface area contributed by atoms with Crippen LogP contribution in [-0.4, -0.2) is 23.6 Å². The molecule has 0 amide bonds. The first-order chi connectivity index (χ1) is 12.9. The Morgan fingerprint density at radius 3 is 2.52 bits per heavy atom. The van der Waals surface area contributed by atoms with E-state index in [2.05, 4.69) is 20.8 Å². The average Bonchev–Trinajstić information content (AvgIpc) is 2.63. The summed E-state index contributed by atoms with van der Waals surface area (Å²) in [6.07, 6.45) is 1.58. The van der Waals surface area contributed by atoms with E-state index in [1.807, 2.05) is 38.1 Å². The van der Waals surface area contributed by atoms with E-state index in [9.17, 15) is 9.90 Å². The molecule has 0 spiro atoms. The molecule has 5 heteroatoms. The molecule has 0 aromatic heterocycles. The van der Waals surface area contributed by atoms with E-state index in [0.29, 0.717) is 29.8 Å². The van der Waals surface area contributed by atoms with Gasteiger partial charge in [-0.15, -0.1) is 0 Å². The van der Waals surface area contributed by atoms with Crippen LogP contribution in [0.25, 0.3) is 4.85 Å². The van der Waals surface area contributed by atoms with Crippen molar-refractivity contribution in [2.24, 2.45) is 5.92 Å². The van der Waals surface area contributed by atoms with Crippen molar-refractivity contribution >= 4 is 27.4 Å². The molecule has 1 atom stereocenters. The Morgan fingerprint density at radius 2 is 1.93 bits per heavy atom. The zero-order valence-corrected chi connectivity index (χ0v) is 17.2. The number of ether oxygens (including phenoxy) is 1. The standard InChI is InChI=1S/C22H24BrNO3/c1-15(2)27-22-9-6-18(14-20(22)24-3)21(26)13-17(10-11-25)12-16-4-7-19(23)8-5-16/h4-9,14-15,17,25H,10-13H2,1-2H3/t17-/m1/s1. The number of ketones is 1. The van der Waals surface area contributed by atoms with Crippen LogP contribution in [0.1, 0.15) is 42.6 Å². The predicted molar refractivity (Wildman–Crippen MR) is 110 cm³/mol. The summed E-state index contributed by atoms with van der Waals surface area (Å²) in [6.45, 7) is 11.2. The summed E-state index contributed by atoms with van der Waals surface area (Å²) in [5, 5.41) is 9.37. The van der Waals surface area contributed by atoms with Crippen LogP contribution in [0.2, 0.25) is 0 Å². The van der Waals surface area contributed by atoms with Gasteiger partial charge in [-0.05, 0) is 62.4 Å². The van der Waals surface area contributed by atoms with E-state index >= 15 is 0 Å². The molecule has 2 rings (SSSR count). The molecule has 142 valence electrons. The molecule has 0 aliphatic carbocycles. The summed E-state index contributed by atoms with van der Waals surface area (Å²) < 4.78 is 6.63. The van der Waals surface area contributed by atoms with Gasteiger partial charge in [-0.1, -0.05) is 34.1 Å². The molecule has 0 saturated carbocycles. The van der Waals surface area contributed by atoms with Crippen molar-refractivity contribution in [2.45, 2.75) is 39.2 Å². The Labute approximate surface area is 169 Å². The number of benzene rings is 2. The number of carbonyl (C=O) groups is 1. The highest BCUT2D eigenvalue weighted by Gasteiger charge is 2.17. The molecule has 0 aliphatic heterocycles. The van der Waals surface area contributed by atoms with Crippen LogP contribution in [0.5, 0.6) is 5.75 Å². The Bertz CT molecular complexity index is 809. The van der Waals surface area contributed by atoms with Crippen molar-refractivity contribution in [1.82, 2.24) is 0 Å². The first-order valence-corrected chi connectivity index (χ1v) is 9.79. The van der Waals surface area contributed by atoms with Gasteiger partial charge in [0.2, 0.25) is 5.69 Å². The highest BCUT2D eigenvalue weighted by molar-refractivity contribution is 9.10. The molecule has 0 radical (unpaired) electrons. The Balaban J connectivity index is 2.12. The van der Waals surface area contributed by atoms with Crippen molar-refractivity contribution in [3.05, 3.63) is 69.5 Å². The smallest absolute Gasteiger partial charge is 0.228 e. The van der Waals surface area contributed by atoms with Gasteiger partial charge in [0.25, 0.3) is 0 Å². The van der Waals surface area contributed by atoms with Gasteiger partial charge in [-0.2, -0.15) is 0 Å². The number of aliphatic hydroxyl groups excluding tert-OH is 1. The third-order valence-corrected chi connectivity index (χ3v) is 4.74. The Kier molecular flexibility index (Phi) is 8.02. The van der Waals surface area contributed by atoms with Crippen LogP contribution in [-0.2, 0) is 6.42 Å². The molecular formula is C22H24BrNO3. The fourth-order valence-corrected chi connectivity index (χ4v) is 3.19. The number of hydrogen-bond acceptors (Lipinski definition) is 3. The molecule has 0 unspecified atom stereocenters. The van der Waals surface area contributed by atoms with Crippen LogP contribution in [0.15, 0.2) is 46.9 Å². The molecule has 2 aromatic carbocycles. The molecule has 2 aromatic rings. The molecule has 0 fully saturated rings. The number of aliphatic hydroxyl groups is 1. The van der Waals surface area contributed by atoms with Crippen molar-refractivity contribution in [2.75, 3.05) is 6.61 Å². The van der Waals surface area contributed by atoms with Crippen LogP contribution >= 0.6 is 15.9 Å². The second-order valence-electron chi connectivity index (χ2n) is 6.80. The quantitative estimate of drug-likeness (QED) is 0.416. The normalized spacial score (nSPS) is 11.9. The topological polar surface area (TPSA) is 50.9 Å². The lowest BCUT2D eigenvalue weighted by molar-refractivity contribution is 0.0953. The fourth-order valence-electron chi connectivity index (χ4n) is 2.92. The van der Waals surface area contributed by atoms with Crippen molar-refractivity contribution in [3.8, 4) is 5.75 Å². The third-order valence-electron chi connectivity index (χ3n) is 4.21. The molecule has 27 heavy (non-hydrogen) atoms. The van der Waals surface area contributed by atoms with Gasteiger partial charge in [-0.3, -0.25) is 4.79 Å². The lowest BCUT2D eigenvalue weighted by Crippen LogP contribution is -2.13. The molecule has 0 bridgehead atoms. The number of halogens is 1. The minimum absolute atomic E-state index is 0.0217. The second kappa shape index (κ2) is 10.2. The van der Waals surface area contributed by atoms with E-state index in [1.54, 1.807) is 18.2 Å². The van der Waals surface area contributed by atoms with Gasteiger partial charge in [-0.25, -0.2) is 4.85 Å². The zero-order valence-electron chi connectivity index (χ0n) is 15.6. The van der Waals surface area contributed by atoms with E-state index < -0.39 is 0 Å². The van der Waals surface area contributed by atoms with Gasteiger partial charge >= 0.3 is 0 Å². The van der Waals surface area contributed by atoms with Crippen molar-refractivity contribution in [3.63, 3.8) is 0 Å². The van der Waals surface area contributed by atoms with E-state index in [4.69, 9.17) is 11.3 Å². The van der Waals surface area contributed by atoms with E-state index in [0.717, 1.165) is 16.5 Å². The largest absolute Gasteiger partial charge is 0.502 e. The lowest BCUT2D eigenvalue weighted by atomic mass is 9.90. The summed E-state index contributed by atoms with van der Waals surface area (Å²) in [7, 11) is 0. The second-order valence-corrected chi connectivity index (χ2v) is 7.71. The summed E-state index contributed by atoms with van der Waals surface area (Å²) in [6, 6.07) is 13.0. The van der Waals surface area contributed by atoms with Crippen LogP contribution < -0.4 is 4.74 Å². The molecule has 1 N–H and O–H groups in total. The first-order valence-electron chi connectivity index (χ1n) is 8.99. The number of carbonyl (C=O) groups excluding carboxylic acids is 1. The highest BCUT2D eigenvalue weighted by atomic mass is 79.9. The first kappa shape index (κ1) is 21.1. The van der Waals surface area contributed by atoms with Crippen LogP contribution in [0, 0.1) is 12.5 Å². The van der Waals surface area contributed by atoms with Gasteiger partial charge in [0, 0.05) is 23.1 Å². The number of hydrogen-bond donors (Lipinski definition) is 1. The monoisotopic (exact) mass is 429 g/mol. The van der Waals surface area contributed by atoms with Crippen LogP contribution in [0.3, 0.4) is 0 Å². The van der Waals surface area contributed by atoms with Crippen LogP contribution in [0.4, 0.5) is 5.69 Å². The number of Topliss-reactive ketones (excluding diaryl/α,β-unsaturated/α-hetero) is 1. The summed E-state index contributed by atoms with van der Waals surface area (Å²) in [4.78, 5) is 16.2. The maximum Gasteiger partial charge on any atom is 0.228 e. The number of rotatable bonds is 9. The zero-order chi connectivity index (χ0) is 19.8. The molecule has 4 nitrogen and oxygen atoms in total. The molecule has 0 aliphatic rings. The summed E-state index contributed by atoms with van der Waals surface area (Å²) in [5.41, 5.74) is 1.99. The number of nitrogens with zero attached hydrogens (tertiary/aromatic N) is 1. The maximum atomic E-state index is 12.7. The summed E-state index contributed by atoms with van der Waals surface area (Å²) >= 11 is 3.42. The average molecular weight is 430 g/mol.